The van der Waals surface area contributed by atoms with Gasteiger partial charge in [0.25, 0.3) is 0 Å². The van der Waals surface area contributed by atoms with E-state index in [1.807, 2.05) is 0 Å². The van der Waals surface area contributed by atoms with Crippen molar-refractivity contribution >= 4 is 11.0 Å². The predicted octanol–water partition coefficient (Wildman–Crippen LogP) is 1.95. The minimum Gasteiger partial charge on any atom is -0.495 e. The Hall–Kier alpha value is -1.55. The fourth-order valence-corrected chi connectivity index (χ4v) is 2.49. The van der Waals surface area contributed by atoms with Crippen LogP contribution in [-0.4, -0.2) is 35.1 Å². The van der Waals surface area contributed by atoms with E-state index >= 15 is 0 Å². The Kier molecular flexibility index (Phi) is 2.33. The Bertz CT molecular complexity index is 561. The summed E-state index contributed by atoms with van der Waals surface area (Å²) >= 11 is 0. The van der Waals surface area contributed by atoms with Gasteiger partial charge < -0.3 is 9.72 Å². The first-order valence-electron chi connectivity index (χ1n) is 5.92. The number of likely N-dealkylation sites (N-methyl/N-ethyl adjacent to an activating group) is 1. The standard InChI is InChI=1S/C13H17N3O/c1-8-4-10-11-5-9(17-3)6-14-13(11)15-12(10)7-16(8)2/h5-6,8H,4,7H2,1-3H3,(H,14,15)/t8-/m1/s1. The number of nitrogens with zero attached hydrogens (tertiary/aromatic N) is 2. The maximum atomic E-state index is 5.24. The van der Waals surface area contributed by atoms with Crippen LogP contribution in [0.15, 0.2) is 12.3 Å². The van der Waals surface area contributed by atoms with Crippen molar-refractivity contribution in [2.24, 2.45) is 0 Å². The highest BCUT2D eigenvalue weighted by molar-refractivity contribution is 5.82. The molecule has 0 bridgehead atoms. The molecule has 0 saturated carbocycles. The van der Waals surface area contributed by atoms with Crippen LogP contribution in [0.4, 0.5) is 0 Å². The van der Waals surface area contributed by atoms with Crippen LogP contribution in [-0.2, 0) is 13.0 Å². The van der Waals surface area contributed by atoms with E-state index in [1.54, 1.807) is 13.3 Å². The van der Waals surface area contributed by atoms with Gasteiger partial charge in [-0.1, -0.05) is 0 Å². The Balaban J connectivity index is 2.17. The summed E-state index contributed by atoms with van der Waals surface area (Å²) in [5.74, 6) is 0.825. The van der Waals surface area contributed by atoms with E-state index in [4.69, 9.17) is 4.74 Å². The van der Waals surface area contributed by atoms with Crippen molar-refractivity contribution < 1.29 is 4.74 Å². The molecule has 4 heteroatoms. The fraction of sp³-hybridized carbons (Fsp3) is 0.462. The number of hydrogen-bond acceptors (Lipinski definition) is 3. The van der Waals surface area contributed by atoms with Crippen LogP contribution in [0, 0.1) is 0 Å². The minimum atomic E-state index is 0.577. The summed E-state index contributed by atoms with van der Waals surface area (Å²) in [6, 6.07) is 2.66. The van der Waals surface area contributed by atoms with Crippen LogP contribution < -0.4 is 4.74 Å². The van der Waals surface area contributed by atoms with Gasteiger partial charge in [-0.15, -0.1) is 0 Å². The first-order valence-corrected chi connectivity index (χ1v) is 5.92. The maximum absolute atomic E-state index is 5.24. The molecule has 1 atom stereocenters. The molecule has 2 aromatic rings. The van der Waals surface area contributed by atoms with Crippen molar-refractivity contribution in [1.82, 2.24) is 14.9 Å². The zero-order valence-corrected chi connectivity index (χ0v) is 10.4. The normalized spacial score (nSPS) is 20.5. The molecule has 0 fully saturated rings. The number of methoxy groups -OCH3 is 1. The van der Waals surface area contributed by atoms with E-state index < -0.39 is 0 Å². The van der Waals surface area contributed by atoms with Gasteiger partial charge in [-0.3, -0.25) is 4.90 Å². The van der Waals surface area contributed by atoms with Gasteiger partial charge in [0.05, 0.1) is 13.3 Å². The van der Waals surface area contributed by atoms with Crippen molar-refractivity contribution in [3.63, 3.8) is 0 Å². The number of hydrogen-bond donors (Lipinski definition) is 1. The number of nitrogens with one attached hydrogen (secondary N) is 1. The van der Waals surface area contributed by atoms with E-state index in [0.29, 0.717) is 6.04 Å². The minimum absolute atomic E-state index is 0.577. The van der Waals surface area contributed by atoms with Gasteiger partial charge in [0, 0.05) is 23.7 Å². The molecule has 0 aromatic carbocycles. The summed E-state index contributed by atoms with van der Waals surface area (Å²) in [6.07, 6.45) is 2.83. The Morgan fingerprint density at radius 2 is 2.35 bits per heavy atom. The molecule has 1 N–H and O–H groups in total. The van der Waals surface area contributed by atoms with Crippen LogP contribution in [0.5, 0.6) is 5.75 Å². The highest BCUT2D eigenvalue weighted by atomic mass is 16.5. The molecule has 0 spiro atoms. The summed E-state index contributed by atoms with van der Waals surface area (Å²) in [6.45, 7) is 3.23. The number of pyridine rings is 1. The number of rotatable bonds is 1. The van der Waals surface area contributed by atoms with Crippen LogP contribution >= 0.6 is 0 Å². The molecule has 17 heavy (non-hydrogen) atoms. The summed E-state index contributed by atoms with van der Waals surface area (Å²) in [7, 11) is 3.84. The zero-order valence-electron chi connectivity index (χ0n) is 10.4. The fourth-order valence-electron chi connectivity index (χ4n) is 2.49. The third-order valence-corrected chi connectivity index (χ3v) is 3.72. The van der Waals surface area contributed by atoms with Crippen molar-refractivity contribution in [1.29, 1.82) is 0 Å². The van der Waals surface area contributed by atoms with E-state index in [0.717, 1.165) is 24.4 Å². The average Bonchev–Trinajstić information content (AvgIpc) is 2.67. The van der Waals surface area contributed by atoms with Crippen molar-refractivity contribution in [2.75, 3.05) is 14.2 Å². The molecule has 0 unspecified atom stereocenters. The lowest BCUT2D eigenvalue weighted by molar-refractivity contribution is 0.229. The highest BCUT2D eigenvalue weighted by Crippen LogP contribution is 2.30. The molecular formula is C13H17N3O. The lowest BCUT2D eigenvalue weighted by Crippen LogP contribution is -2.34. The van der Waals surface area contributed by atoms with Gasteiger partial charge >= 0.3 is 0 Å². The zero-order chi connectivity index (χ0) is 12.0. The van der Waals surface area contributed by atoms with Gasteiger partial charge in [-0.05, 0) is 32.0 Å². The molecule has 0 amide bonds. The van der Waals surface area contributed by atoms with Gasteiger partial charge in [0.2, 0.25) is 0 Å². The first kappa shape index (κ1) is 10.6. The maximum Gasteiger partial charge on any atom is 0.138 e. The summed E-state index contributed by atoms with van der Waals surface area (Å²) in [4.78, 5) is 10.2. The number of ether oxygens (including phenoxy) is 1. The summed E-state index contributed by atoms with van der Waals surface area (Å²) in [5.41, 5.74) is 3.66. The second-order valence-corrected chi connectivity index (χ2v) is 4.82. The topological polar surface area (TPSA) is 41.1 Å². The molecule has 3 rings (SSSR count). The second-order valence-electron chi connectivity index (χ2n) is 4.82. The lowest BCUT2D eigenvalue weighted by Gasteiger charge is -2.29. The Morgan fingerprint density at radius 1 is 1.53 bits per heavy atom. The molecule has 0 saturated heterocycles. The van der Waals surface area contributed by atoms with E-state index in [2.05, 4.69) is 34.9 Å². The third kappa shape index (κ3) is 1.60. The van der Waals surface area contributed by atoms with Gasteiger partial charge in [-0.25, -0.2) is 4.98 Å². The first-order chi connectivity index (χ1) is 8.19. The van der Waals surface area contributed by atoms with Crippen molar-refractivity contribution in [3.05, 3.63) is 23.5 Å². The summed E-state index contributed by atoms with van der Waals surface area (Å²) in [5, 5.41) is 1.21. The molecule has 4 nitrogen and oxygen atoms in total. The quantitative estimate of drug-likeness (QED) is 0.815. The van der Waals surface area contributed by atoms with Crippen LogP contribution in [0.2, 0.25) is 0 Å². The number of aromatic amines is 1. The van der Waals surface area contributed by atoms with Gasteiger partial charge in [0.1, 0.15) is 11.4 Å². The largest absolute Gasteiger partial charge is 0.495 e. The van der Waals surface area contributed by atoms with Gasteiger partial charge in [0.15, 0.2) is 0 Å². The van der Waals surface area contributed by atoms with Crippen molar-refractivity contribution in [3.8, 4) is 5.75 Å². The highest BCUT2D eigenvalue weighted by Gasteiger charge is 2.23. The molecule has 90 valence electrons. The SMILES string of the molecule is COc1cnc2[nH]c3c(c2c1)C[C@@H](C)N(C)C3. The average molecular weight is 231 g/mol. The van der Waals surface area contributed by atoms with E-state index in [1.165, 1.54) is 16.6 Å². The smallest absolute Gasteiger partial charge is 0.138 e. The van der Waals surface area contributed by atoms with Crippen LogP contribution in [0.25, 0.3) is 11.0 Å². The number of H-pyrrole nitrogens is 1. The van der Waals surface area contributed by atoms with E-state index in [-0.39, 0.29) is 0 Å². The van der Waals surface area contributed by atoms with Crippen LogP contribution in [0.3, 0.4) is 0 Å². The molecule has 2 aromatic heterocycles. The van der Waals surface area contributed by atoms with Crippen LogP contribution in [0.1, 0.15) is 18.2 Å². The second kappa shape index (κ2) is 3.74. The molecular weight excluding hydrogens is 214 g/mol. The number of aromatic nitrogens is 2. The van der Waals surface area contributed by atoms with Crippen molar-refractivity contribution in [2.45, 2.75) is 25.9 Å². The van der Waals surface area contributed by atoms with E-state index in [9.17, 15) is 0 Å². The summed E-state index contributed by atoms with van der Waals surface area (Å²) < 4.78 is 5.24. The molecule has 0 radical (unpaired) electrons. The third-order valence-electron chi connectivity index (χ3n) is 3.72. The number of fused-ring (bicyclic) bond motifs is 3. The predicted molar refractivity (Wildman–Crippen MR) is 67.3 cm³/mol. The molecule has 1 aliphatic heterocycles. The molecule has 0 aliphatic carbocycles. The molecule has 1 aliphatic rings. The lowest BCUT2D eigenvalue weighted by atomic mass is 9.99. The molecule has 3 heterocycles. The monoisotopic (exact) mass is 231 g/mol. The Labute approximate surface area is 101 Å². The van der Waals surface area contributed by atoms with Gasteiger partial charge in [-0.2, -0.15) is 0 Å². The Morgan fingerprint density at radius 3 is 3.12 bits per heavy atom.